The summed E-state index contributed by atoms with van der Waals surface area (Å²) in [5.74, 6) is 0.968. The van der Waals surface area contributed by atoms with E-state index in [0.717, 1.165) is 19.0 Å². The van der Waals surface area contributed by atoms with Crippen LogP contribution in [0.1, 0.15) is 58.8 Å². The van der Waals surface area contributed by atoms with Crippen LogP contribution in [0.3, 0.4) is 0 Å². The first-order valence-electron chi connectivity index (χ1n) is 8.90. The molecule has 0 amide bonds. The van der Waals surface area contributed by atoms with Gasteiger partial charge in [0.25, 0.3) is 0 Å². The van der Waals surface area contributed by atoms with Crippen molar-refractivity contribution in [3.05, 3.63) is 0 Å². The van der Waals surface area contributed by atoms with Gasteiger partial charge in [0, 0.05) is 13.1 Å². The van der Waals surface area contributed by atoms with E-state index in [0.29, 0.717) is 12.2 Å². The van der Waals surface area contributed by atoms with Crippen LogP contribution in [0.4, 0.5) is 0 Å². The molecular formula is C17H34N2O. The summed E-state index contributed by atoms with van der Waals surface area (Å²) in [5, 5.41) is 3.49. The molecule has 0 bridgehead atoms. The molecule has 2 heterocycles. The van der Waals surface area contributed by atoms with Gasteiger partial charge in [0.2, 0.25) is 0 Å². The smallest absolute Gasteiger partial charge is 0.0707 e. The summed E-state index contributed by atoms with van der Waals surface area (Å²) in [6.45, 7) is 10.5. The lowest BCUT2D eigenvalue weighted by atomic mass is 9.98. The molecule has 2 rings (SSSR count). The Balaban J connectivity index is 1.64. The van der Waals surface area contributed by atoms with Crippen LogP contribution in [-0.2, 0) is 4.74 Å². The summed E-state index contributed by atoms with van der Waals surface area (Å²) in [5.41, 5.74) is 0. The molecule has 2 aliphatic heterocycles. The van der Waals surface area contributed by atoms with Gasteiger partial charge < -0.3 is 15.0 Å². The summed E-state index contributed by atoms with van der Waals surface area (Å²) in [7, 11) is 0. The van der Waals surface area contributed by atoms with E-state index in [4.69, 9.17) is 4.74 Å². The quantitative estimate of drug-likeness (QED) is 0.726. The number of hydrogen-bond donors (Lipinski definition) is 1. The van der Waals surface area contributed by atoms with Gasteiger partial charge in [-0.2, -0.15) is 0 Å². The maximum atomic E-state index is 6.20. The second-order valence-corrected chi connectivity index (χ2v) is 6.67. The Bertz CT molecular complexity index is 259. The molecule has 3 unspecified atom stereocenters. The molecule has 0 aliphatic carbocycles. The number of nitrogens with zero attached hydrogens (tertiary/aromatic N) is 1. The van der Waals surface area contributed by atoms with Crippen molar-refractivity contribution in [1.82, 2.24) is 10.2 Å². The highest BCUT2D eigenvalue weighted by Gasteiger charge is 2.27. The van der Waals surface area contributed by atoms with E-state index >= 15 is 0 Å². The Hall–Kier alpha value is -0.120. The first-order chi connectivity index (χ1) is 9.81. The molecule has 3 heteroatoms. The number of ether oxygens (including phenoxy) is 1. The fourth-order valence-corrected chi connectivity index (χ4v) is 3.61. The first-order valence-corrected chi connectivity index (χ1v) is 8.90. The van der Waals surface area contributed by atoms with E-state index in [2.05, 4.69) is 24.1 Å². The van der Waals surface area contributed by atoms with Crippen molar-refractivity contribution in [3.63, 3.8) is 0 Å². The molecule has 3 atom stereocenters. The van der Waals surface area contributed by atoms with Crippen molar-refractivity contribution in [2.24, 2.45) is 5.92 Å². The average Bonchev–Trinajstić information content (AvgIpc) is 2.77. The highest BCUT2D eigenvalue weighted by molar-refractivity contribution is 4.79. The molecular weight excluding hydrogens is 248 g/mol. The fraction of sp³-hybridized carbons (Fsp3) is 1.00. The maximum absolute atomic E-state index is 6.20. The molecule has 0 aromatic carbocycles. The predicted octanol–water partition coefficient (Wildman–Crippen LogP) is 3.05. The minimum Gasteiger partial charge on any atom is -0.372 e. The topological polar surface area (TPSA) is 24.5 Å². The number of rotatable bonds is 7. The van der Waals surface area contributed by atoms with Crippen molar-refractivity contribution in [1.29, 1.82) is 0 Å². The summed E-state index contributed by atoms with van der Waals surface area (Å²) in [6.07, 6.45) is 10.2. The van der Waals surface area contributed by atoms with E-state index in [-0.39, 0.29) is 0 Å². The van der Waals surface area contributed by atoms with Crippen molar-refractivity contribution in [2.75, 3.05) is 32.7 Å². The van der Waals surface area contributed by atoms with Gasteiger partial charge >= 0.3 is 0 Å². The van der Waals surface area contributed by atoms with Gasteiger partial charge in [-0.3, -0.25) is 0 Å². The molecule has 0 spiro atoms. The minimum atomic E-state index is 0.460. The standard InChI is InChI=1S/C17H34N2O/c1-3-10-18-13-16-7-8-17(20-16)14-19-11-5-6-15(4-2)9-12-19/h15-18H,3-14H2,1-2H3. The second-order valence-electron chi connectivity index (χ2n) is 6.67. The van der Waals surface area contributed by atoms with Crippen LogP contribution in [0.15, 0.2) is 0 Å². The molecule has 0 radical (unpaired) electrons. The maximum Gasteiger partial charge on any atom is 0.0707 e. The van der Waals surface area contributed by atoms with E-state index in [1.54, 1.807) is 0 Å². The molecule has 20 heavy (non-hydrogen) atoms. The van der Waals surface area contributed by atoms with Crippen LogP contribution >= 0.6 is 0 Å². The van der Waals surface area contributed by atoms with E-state index in [1.807, 2.05) is 0 Å². The van der Waals surface area contributed by atoms with Crippen LogP contribution < -0.4 is 5.32 Å². The predicted molar refractivity (Wildman–Crippen MR) is 85.1 cm³/mol. The van der Waals surface area contributed by atoms with Gasteiger partial charge in [-0.25, -0.2) is 0 Å². The molecule has 2 fully saturated rings. The van der Waals surface area contributed by atoms with Gasteiger partial charge in [-0.05, 0) is 64.1 Å². The minimum absolute atomic E-state index is 0.460. The van der Waals surface area contributed by atoms with Crippen molar-refractivity contribution in [2.45, 2.75) is 71.0 Å². The normalized spacial score (nSPS) is 32.4. The molecule has 0 saturated carbocycles. The Morgan fingerprint density at radius 3 is 2.70 bits per heavy atom. The lowest BCUT2D eigenvalue weighted by molar-refractivity contribution is 0.0239. The van der Waals surface area contributed by atoms with E-state index in [1.165, 1.54) is 64.6 Å². The van der Waals surface area contributed by atoms with Crippen molar-refractivity contribution in [3.8, 4) is 0 Å². The van der Waals surface area contributed by atoms with Gasteiger partial charge in [0.15, 0.2) is 0 Å². The molecule has 0 aromatic rings. The van der Waals surface area contributed by atoms with Crippen LogP contribution in [-0.4, -0.2) is 49.8 Å². The van der Waals surface area contributed by atoms with Crippen molar-refractivity contribution < 1.29 is 4.74 Å². The first kappa shape index (κ1) is 16.3. The summed E-state index contributed by atoms with van der Waals surface area (Å²) in [6, 6.07) is 0. The largest absolute Gasteiger partial charge is 0.372 e. The summed E-state index contributed by atoms with van der Waals surface area (Å²) >= 11 is 0. The van der Waals surface area contributed by atoms with Crippen LogP contribution in [0, 0.1) is 5.92 Å². The highest BCUT2D eigenvalue weighted by atomic mass is 16.5. The second kappa shape index (κ2) is 9.01. The Morgan fingerprint density at radius 1 is 1.05 bits per heavy atom. The van der Waals surface area contributed by atoms with Gasteiger partial charge in [-0.15, -0.1) is 0 Å². The Kier molecular flexibility index (Phi) is 7.32. The van der Waals surface area contributed by atoms with E-state index in [9.17, 15) is 0 Å². The SMILES string of the molecule is CCCNCC1CCC(CN2CCCC(CC)CC2)O1. The number of hydrogen-bond acceptors (Lipinski definition) is 3. The molecule has 2 saturated heterocycles. The van der Waals surface area contributed by atoms with Gasteiger partial charge in [-0.1, -0.05) is 20.3 Å². The Morgan fingerprint density at radius 2 is 1.90 bits per heavy atom. The molecule has 2 aliphatic rings. The lowest BCUT2D eigenvalue weighted by Gasteiger charge is -2.24. The number of likely N-dealkylation sites (tertiary alicyclic amines) is 1. The van der Waals surface area contributed by atoms with Crippen LogP contribution in [0.25, 0.3) is 0 Å². The van der Waals surface area contributed by atoms with Gasteiger partial charge in [0.1, 0.15) is 0 Å². The molecule has 1 N–H and O–H groups in total. The third-order valence-corrected chi connectivity index (χ3v) is 4.97. The Labute approximate surface area is 125 Å². The van der Waals surface area contributed by atoms with Gasteiger partial charge in [0.05, 0.1) is 12.2 Å². The molecule has 118 valence electrons. The molecule has 0 aromatic heterocycles. The fourth-order valence-electron chi connectivity index (χ4n) is 3.61. The van der Waals surface area contributed by atoms with E-state index < -0.39 is 0 Å². The zero-order valence-corrected chi connectivity index (χ0v) is 13.6. The van der Waals surface area contributed by atoms with Crippen molar-refractivity contribution >= 4 is 0 Å². The third kappa shape index (κ3) is 5.34. The van der Waals surface area contributed by atoms with Crippen LogP contribution in [0.5, 0.6) is 0 Å². The summed E-state index contributed by atoms with van der Waals surface area (Å²) in [4.78, 5) is 2.65. The van der Waals surface area contributed by atoms with Crippen LogP contribution in [0.2, 0.25) is 0 Å². The summed E-state index contributed by atoms with van der Waals surface area (Å²) < 4.78 is 6.20. The monoisotopic (exact) mass is 282 g/mol. The zero-order chi connectivity index (χ0) is 14.2. The highest BCUT2D eigenvalue weighted by Crippen LogP contribution is 2.24. The number of nitrogens with one attached hydrogen (secondary N) is 1. The lowest BCUT2D eigenvalue weighted by Crippen LogP contribution is -2.34. The zero-order valence-electron chi connectivity index (χ0n) is 13.6. The molecule has 3 nitrogen and oxygen atoms in total. The third-order valence-electron chi connectivity index (χ3n) is 4.97. The average molecular weight is 282 g/mol.